The summed E-state index contributed by atoms with van der Waals surface area (Å²) < 4.78 is 11.7. The van der Waals surface area contributed by atoms with E-state index < -0.39 is 10.8 Å². The van der Waals surface area contributed by atoms with Crippen LogP contribution in [0.15, 0.2) is 76.8 Å². The van der Waals surface area contributed by atoms with E-state index in [-0.39, 0.29) is 22.7 Å². The Morgan fingerprint density at radius 3 is 2.39 bits per heavy atom. The van der Waals surface area contributed by atoms with Crippen LogP contribution >= 0.6 is 15.9 Å². The van der Waals surface area contributed by atoms with E-state index in [2.05, 4.69) is 21.2 Å². The monoisotopic (exact) mass is 507 g/mol. The number of nitro benzene ring substituents is 1. The van der Waals surface area contributed by atoms with Crippen molar-refractivity contribution in [3.05, 3.63) is 98.0 Å². The predicted molar refractivity (Wildman–Crippen MR) is 127 cm³/mol. The lowest BCUT2D eigenvalue weighted by Gasteiger charge is -2.08. The first kappa shape index (κ1) is 23.5. The van der Waals surface area contributed by atoms with Crippen LogP contribution in [0.4, 0.5) is 11.4 Å². The van der Waals surface area contributed by atoms with Crippen molar-refractivity contribution in [1.29, 1.82) is 5.26 Å². The van der Waals surface area contributed by atoms with Crippen LogP contribution in [0.1, 0.15) is 11.1 Å². The van der Waals surface area contributed by atoms with Crippen molar-refractivity contribution in [1.82, 2.24) is 0 Å². The number of hydrogen-bond donors (Lipinski definition) is 1. The summed E-state index contributed by atoms with van der Waals surface area (Å²) in [5.41, 5.74) is 1.03. The molecule has 0 fully saturated rings. The SMILES string of the molecule is COc1ccc(NC(=O)/C(C#N)=C/c2ccc(OCc3ccc(Br)cc3)cc2)c([N+](=O)[O-])c1. The molecule has 0 aliphatic rings. The highest BCUT2D eigenvalue weighted by Gasteiger charge is 2.19. The lowest BCUT2D eigenvalue weighted by molar-refractivity contribution is -0.384. The molecular weight excluding hydrogens is 490 g/mol. The van der Waals surface area contributed by atoms with Gasteiger partial charge in [0.1, 0.15) is 35.4 Å². The minimum Gasteiger partial charge on any atom is -0.496 e. The number of nitrogens with zero attached hydrogens (tertiary/aromatic N) is 2. The number of halogens is 1. The van der Waals surface area contributed by atoms with Gasteiger partial charge in [-0.05, 0) is 53.6 Å². The molecule has 3 aromatic carbocycles. The van der Waals surface area contributed by atoms with E-state index in [1.54, 1.807) is 24.3 Å². The Morgan fingerprint density at radius 2 is 1.79 bits per heavy atom. The largest absolute Gasteiger partial charge is 0.496 e. The van der Waals surface area contributed by atoms with E-state index in [0.29, 0.717) is 17.9 Å². The molecule has 0 saturated carbocycles. The number of benzene rings is 3. The molecule has 1 amide bonds. The average molecular weight is 508 g/mol. The molecular formula is C24H18BrN3O5. The van der Waals surface area contributed by atoms with Gasteiger partial charge in [0.15, 0.2) is 0 Å². The van der Waals surface area contributed by atoms with Crippen LogP contribution in [0.5, 0.6) is 11.5 Å². The molecule has 3 aromatic rings. The number of hydrogen-bond acceptors (Lipinski definition) is 6. The third-order valence-electron chi connectivity index (χ3n) is 4.52. The molecule has 9 heteroatoms. The molecule has 0 saturated heterocycles. The van der Waals surface area contributed by atoms with Crippen molar-refractivity contribution in [2.24, 2.45) is 0 Å². The molecule has 0 spiro atoms. The van der Waals surface area contributed by atoms with Crippen LogP contribution in [0.3, 0.4) is 0 Å². The smallest absolute Gasteiger partial charge is 0.296 e. The highest BCUT2D eigenvalue weighted by atomic mass is 79.9. The summed E-state index contributed by atoms with van der Waals surface area (Å²) in [7, 11) is 1.38. The molecule has 166 valence electrons. The topological polar surface area (TPSA) is 114 Å². The minimum atomic E-state index is -0.763. The Labute approximate surface area is 198 Å². The first-order chi connectivity index (χ1) is 15.9. The van der Waals surface area contributed by atoms with E-state index in [9.17, 15) is 20.2 Å². The molecule has 0 radical (unpaired) electrons. The summed E-state index contributed by atoms with van der Waals surface area (Å²) in [5.74, 6) is 0.145. The molecule has 0 heterocycles. The zero-order valence-corrected chi connectivity index (χ0v) is 19.0. The van der Waals surface area contributed by atoms with Crippen molar-refractivity contribution in [3.8, 4) is 17.6 Å². The first-order valence-corrected chi connectivity index (χ1v) is 10.4. The van der Waals surface area contributed by atoms with Crippen molar-refractivity contribution in [2.75, 3.05) is 12.4 Å². The summed E-state index contributed by atoms with van der Waals surface area (Å²) in [4.78, 5) is 23.2. The number of nitrogens with one attached hydrogen (secondary N) is 1. The number of rotatable bonds is 8. The van der Waals surface area contributed by atoms with Crippen LogP contribution in [0, 0.1) is 21.4 Å². The van der Waals surface area contributed by atoms with Gasteiger partial charge in [0, 0.05) is 4.47 Å². The summed E-state index contributed by atoms with van der Waals surface area (Å²) in [5, 5.41) is 23.1. The van der Waals surface area contributed by atoms with E-state index in [1.807, 2.05) is 30.3 Å². The maximum Gasteiger partial charge on any atom is 0.296 e. The number of methoxy groups -OCH3 is 1. The van der Waals surface area contributed by atoms with E-state index in [4.69, 9.17) is 9.47 Å². The van der Waals surface area contributed by atoms with Crippen molar-refractivity contribution in [2.45, 2.75) is 6.61 Å². The molecule has 3 rings (SSSR count). The van der Waals surface area contributed by atoms with Crippen molar-refractivity contribution >= 4 is 39.3 Å². The zero-order valence-electron chi connectivity index (χ0n) is 17.4. The molecule has 0 aliphatic heterocycles. The quantitative estimate of drug-likeness (QED) is 0.186. The third kappa shape index (κ3) is 6.41. The number of anilines is 1. The highest BCUT2D eigenvalue weighted by Crippen LogP contribution is 2.29. The zero-order chi connectivity index (χ0) is 23.8. The maximum absolute atomic E-state index is 12.5. The Hall–Kier alpha value is -4.16. The summed E-state index contributed by atoms with van der Waals surface area (Å²) >= 11 is 3.39. The number of carbonyl (C=O) groups is 1. The third-order valence-corrected chi connectivity index (χ3v) is 5.05. The number of carbonyl (C=O) groups excluding carboxylic acids is 1. The van der Waals surface area contributed by atoms with Crippen LogP contribution < -0.4 is 14.8 Å². The molecule has 0 unspecified atom stereocenters. The maximum atomic E-state index is 12.5. The summed E-state index contributed by atoms with van der Waals surface area (Å²) in [6.07, 6.45) is 1.39. The van der Waals surface area contributed by atoms with Crippen LogP contribution in [-0.2, 0) is 11.4 Å². The van der Waals surface area contributed by atoms with Gasteiger partial charge in [0.2, 0.25) is 0 Å². The van der Waals surface area contributed by atoms with Crippen molar-refractivity contribution < 1.29 is 19.2 Å². The molecule has 0 aromatic heterocycles. The van der Waals surface area contributed by atoms with Crippen LogP contribution in [0.2, 0.25) is 0 Å². The van der Waals surface area contributed by atoms with Crippen LogP contribution in [-0.4, -0.2) is 17.9 Å². The number of nitro groups is 1. The van der Waals surface area contributed by atoms with Crippen LogP contribution in [0.25, 0.3) is 6.08 Å². The average Bonchev–Trinajstić information content (AvgIpc) is 2.83. The van der Waals surface area contributed by atoms with Gasteiger partial charge in [-0.1, -0.05) is 40.2 Å². The highest BCUT2D eigenvalue weighted by molar-refractivity contribution is 9.10. The molecule has 0 aliphatic carbocycles. The second-order valence-corrected chi connectivity index (χ2v) is 7.66. The normalized spacial score (nSPS) is 10.8. The van der Waals surface area contributed by atoms with Gasteiger partial charge in [-0.15, -0.1) is 0 Å². The van der Waals surface area contributed by atoms with Gasteiger partial charge < -0.3 is 14.8 Å². The van der Waals surface area contributed by atoms with Gasteiger partial charge in [0.05, 0.1) is 18.1 Å². The van der Waals surface area contributed by atoms with Gasteiger partial charge in [-0.3, -0.25) is 14.9 Å². The number of amides is 1. The fourth-order valence-corrected chi connectivity index (χ4v) is 3.07. The Bertz CT molecular complexity index is 1230. The fraction of sp³-hybridized carbons (Fsp3) is 0.0833. The number of ether oxygens (including phenoxy) is 2. The summed E-state index contributed by atoms with van der Waals surface area (Å²) in [6, 6.07) is 20.5. The molecule has 33 heavy (non-hydrogen) atoms. The minimum absolute atomic E-state index is 0.0383. The Balaban J connectivity index is 1.70. The van der Waals surface area contributed by atoms with E-state index in [1.165, 1.54) is 31.4 Å². The van der Waals surface area contributed by atoms with Gasteiger partial charge in [-0.25, -0.2) is 0 Å². The molecule has 0 atom stereocenters. The number of nitriles is 1. The standard InChI is InChI=1S/C24H18BrN3O5/c1-32-21-10-11-22(23(13-21)28(30)31)27-24(29)18(14-26)12-16-4-8-20(9-5-16)33-15-17-2-6-19(25)7-3-17/h2-13H,15H2,1H3,(H,27,29)/b18-12+. The lowest BCUT2D eigenvalue weighted by atomic mass is 10.1. The Kier molecular flexibility index (Phi) is 7.78. The lowest BCUT2D eigenvalue weighted by Crippen LogP contribution is -2.14. The van der Waals surface area contributed by atoms with Gasteiger partial charge >= 0.3 is 0 Å². The second kappa shape index (κ2) is 10.9. The predicted octanol–water partition coefficient (Wildman–Crippen LogP) is 5.49. The van der Waals surface area contributed by atoms with E-state index >= 15 is 0 Å². The van der Waals surface area contributed by atoms with Crippen molar-refractivity contribution in [3.63, 3.8) is 0 Å². The molecule has 1 N–H and O–H groups in total. The Morgan fingerprint density at radius 1 is 1.12 bits per heavy atom. The first-order valence-electron chi connectivity index (χ1n) is 9.62. The molecule has 0 bridgehead atoms. The second-order valence-electron chi connectivity index (χ2n) is 6.75. The van der Waals surface area contributed by atoms with Gasteiger partial charge in [-0.2, -0.15) is 5.26 Å². The fourth-order valence-electron chi connectivity index (χ4n) is 2.81. The van der Waals surface area contributed by atoms with E-state index in [0.717, 1.165) is 10.0 Å². The van der Waals surface area contributed by atoms with Gasteiger partial charge in [0.25, 0.3) is 11.6 Å². The molecule has 8 nitrogen and oxygen atoms in total. The summed E-state index contributed by atoms with van der Waals surface area (Å²) in [6.45, 7) is 0.398.